The van der Waals surface area contributed by atoms with Crippen LogP contribution in [0.15, 0.2) is 84.0 Å². The van der Waals surface area contributed by atoms with E-state index in [0.717, 1.165) is 22.4 Å². The second kappa shape index (κ2) is 14.4. The van der Waals surface area contributed by atoms with Gasteiger partial charge in [-0.1, -0.05) is 78.3 Å². The molecule has 8 nitrogen and oxygen atoms in total. The molecule has 0 aromatic heterocycles. The number of carbonyl (C=O) groups excluding carboxylic acids is 3. The van der Waals surface area contributed by atoms with Crippen molar-refractivity contribution in [3.8, 4) is 0 Å². The van der Waals surface area contributed by atoms with Crippen LogP contribution in [0, 0.1) is 0 Å². The summed E-state index contributed by atoms with van der Waals surface area (Å²) in [4.78, 5) is 41.7. The SMILES string of the molecule is CN(N=C1CCN(C(=O)[C@@H](Cc2ccc(Cl)cc2)NC(=O)[C@H]2Cc3ccccc3CN2)CC1)C(=O)CCc1ccccc1. The van der Waals surface area contributed by atoms with E-state index in [1.165, 1.54) is 10.6 Å². The van der Waals surface area contributed by atoms with Crippen LogP contribution in [0.2, 0.25) is 5.02 Å². The number of piperidine rings is 1. The number of nitrogens with zero attached hydrogens (tertiary/aromatic N) is 3. The minimum Gasteiger partial charge on any atom is -0.343 e. The van der Waals surface area contributed by atoms with Gasteiger partial charge in [-0.3, -0.25) is 14.4 Å². The fraction of sp³-hybridized carbons (Fsp3) is 0.353. The van der Waals surface area contributed by atoms with Gasteiger partial charge in [0.15, 0.2) is 0 Å². The van der Waals surface area contributed by atoms with Gasteiger partial charge < -0.3 is 15.5 Å². The summed E-state index contributed by atoms with van der Waals surface area (Å²) in [6.07, 6.45) is 3.14. The van der Waals surface area contributed by atoms with Crippen LogP contribution in [-0.4, -0.2) is 65.6 Å². The third kappa shape index (κ3) is 8.30. The molecule has 1 fully saturated rings. The number of fused-ring (bicyclic) bond motifs is 1. The van der Waals surface area contributed by atoms with Gasteiger partial charge in [0.1, 0.15) is 6.04 Å². The van der Waals surface area contributed by atoms with E-state index >= 15 is 0 Å². The number of halogens is 1. The molecule has 9 heteroatoms. The summed E-state index contributed by atoms with van der Waals surface area (Å²) in [7, 11) is 1.69. The van der Waals surface area contributed by atoms with Gasteiger partial charge in [-0.05, 0) is 47.2 Å². The maximum atomic E-state index is 13.8. The molecule has 43 heavy (non-hydrogen) atoms. The van der Waals surface area contributed by atoms with Crippen LogP contribution >= 0.6 is 11.6 Å². The molecule has 0 unspecified atom stereocenters. The summed E-state index contributed by atoms with van der Waals surface area (Å²) in [5.74, 6) is -0.345. The van der Waals surface area contributed by atoms with Gasteiger partial charge in [-0.15, -0.1) is 0 Å². The number of amides is 3. The zero-order chi connectivity index (χ0) is 30.2. The molecule has 2 N–H and O–H groups in total. The first-order valence-electron chi connectivity index (χ1n) is 14.9. The molecule has 3 aromatic rings. The van der Waals surface area contributed by atoms with Crippen molar-refractivity contribution in [3.05, 3.63) is 106 Å². The molecule has 3 amide bonds. The maximum Gasteiger partial charge on any atom is 0.245 e. The molecule has 0 spiro atoms. The second-order valence-electron chi connectivity index (χ2n) is 11.2. The Morgan fingerprint density at radius 2 is 1.63 bits per heavy atom. The summed E-state index contributed by atoms with van der Waals surface area (Å²) < 4.78 is 0. The van der Waals surface area contributed by atoms with Crippen molar-refractivity contribution >= 4 is 35.0 Å². The number of hydrogen-bond donors (Lipinski definition) is 2. The van der Waals surface area contributed by atoms with Crippen molar-refractivity contribution in [2.45, 2.75) is 57.2 Å². The Balaban J connectivity index is 1.19. The third-order valence-corrected chi connectivity index (χ3v) is 8.39. The van der Waals surface area contributed by atoms with Gasteiger partial charge in [0.05, 0.1) is 6.04 Å². The van der Waals surface area contributed by atoms with Gasteiger partial charge in [0, 0.05) is 63.1 Å². The van der Waals surface area contributed by atoms with Crippen molar-refractivity contribution < 1.29 is 14.4 Å². The zero-order valence-corrected chi connectivity index (χ0v) is 25.2. The highest BCUT2D eigenvalue weighted by molar-refractivity contribution is 6.30. The average molecular weight is 600 g/mol. The number of benzene rings is 3. The third-order valence-electron chi connectivity index (χ3n) is 8.14. The smallest absolute Gasteiger partial charge is 0.245 e. The largest absolute Gasteiger partial charge is 0.343 e. The predicted octanol–water partition coefficient (Wildman–Crippen LogP) is 4.15. The lowest BCUT2D eigenvalue weighted by molar-refractivity contribution is -0.137. The Kier molecular flexibility index (Phi) is 10.2. The summed E-state index contributed by atoms with van der Waals surface area (Å²) >= 11 is 6.09. The summed E-state index contributed by atoms with van der Waals surface area (Å²) in [5.41, 5.74) is 5.26. The first kappa shape index (κ1) is 30.4. The minimum absolute atomic E-state index is 0.0421. The van der Waals surface area contributed by atoms with E-state index in [-0.39, 0.29) is 17.7 Å². The number of carbonyl (C=O) groups is 3. The van der Waals surface area contributed by atoms with Crippen LogP contribution in [0.5, 0.6) is 0 Å². The molecule has 2 aliphatic heterocycles. The number of aryl methyl sites for hydroxylation is 1. The molecule has 3 aromatic carbocycles. The van der Waals surface area contributed by atoms with E-state index in [1.54, 1.807) is 24.1 Å². The molecule has 2 heterocycles. The summed E-state index contributed by atoms with van der Waals surface area (Å²) in [6.45, 7) is 1.57. The van der Waals surface area contributed by atoms with Crippen molar-refractivity contribution in [1.29, 1.82) is 0 Å². The van der Waals surface area contributed by atoms with Gasteiger partial charge >= 0.3 is 0 Å². The number of hydrazone groups is 1. The monoisotopic (exact) mass is 599 g/mol. The van der Waals surface area contributed by atoms with Gasteiger partial charge in [-0.25, -0.2) is 5.01 Å². The Labute approximate surface area is 258 Å². The molecule has 1 saturated heterocycles. The molecule has 2 aliphatic rings. The molecule has 5 rings (SSSR count). The zero-order valence-electron chi connectivity index (χ0n) is 24.5. The highest BCUT2D eigenvalue weighted by Crippen LogP contribution is 2.18. The highest BCUT2D eigenvalue weighted by atomic mass is 35.5. The van der Waals surface area contributed by atoms with Crippen LogP contribution in [0.25, 0.3) is 0 Å². The Morgan fingerprint density at radius 3 is 2.35 bits per heavy atom. The molecular weight excluding hydrogens is 562 g/mol. The van der Waals surface area contributed by atoms with E-state index < -0.39 is 12.1 Å². The predicted molar refractivity (Wildman–Crippen MR) is 169 cm³/mol. The number of hydrogen-bond acceptors (Lipinski definition) is 5. The lowest BCUT2D eigenvalue weighted by Crippen LogP contribution is -2.56. The van der Waals surface area contributed by atoms with E-state index in [0.29, 0.717) is 63.2 Å². The van der Waals surface area contributed by atoms with Crippen LogP contribution < -0.4 is 10.6 Å². The summed E-state index contributed by atoms with van der Waals surface area (Å²) in [5, 5.41) is 13.0. The molecule has 224 valence electrons. The normalized spacial score (nSPS) is 17.0. The quantitative estimate of drug-likeness (QED) is 0.361. The molecule has 2 atom stereocenters. The van der Waals surface area contributed by atoms with Crippen molar-refractivity contribution in [2.75, 3.05) is 20.1 Å². The second-order valence-corrected chi connectivity index (χ2v) is 11.6. The topological polar surface area (TPSA) is 94.1 Å². The molecule has 0 radical (unpaired) electrons. The molecule has 0 aliphatic carbocycles. The van der Waals surface area contributed by atoms with E-state index in [9.17, 15) is 14.4 Å². The fourth-order valence-corrected chi connectivity index (χ4v) is 5.73. The van der Waals surface area contributed by atoms with Crippen molar-refractivity contribution in [2.24, 2.45) is 5.10 Å². The van der Waals surface area contributed by atoms with E-state index in [1.807, 2.05) is 60.7 Å². The Hall–Kier alpha value is -4.01. The Morgan fingerprint density at radius 1 is 0.953 bits per heavy atom. The minimum atomic E-state index is -0.714. The van der Waals surface area contributed by atoms with Crippen LogP contribution in [0.4, 0.5) is 0 Å². The maximum absolute atomic E-state index is 13.8. The van der Waals surface area contributed by atoms with E-state index in [4.69, 9.17) is 11.6 Å². The first-order valence-corrected chi connectivity index (χ1v) is 15.2. The number of likely N-dealkylation sites (tertiary alicyclic amines) is 1. The Bertz CT molecular complexity index is 1450. The lowest BCUT2D eigenvalue weighted by Gasteiger charge is -2.33. The molecular formula is C34H38ClN5O3. The fourth-order valence-electron chi connectivity index (χ4n) is 5.60. The highest BCUT2D eigenvalue weighted by Gasteiger charge is 2.32. The van der Waals surface area contributed by atoms with Crippen molar-refractivity contribution in [1.82, 2.24) is 20.5 Å². The summed E-state index contributed by atoms with van der Waals surface area (Å²) in [6, 6.07) is 24.2. The van der Waals surface area contributed by atoms with Crippen LogP contribution in [0.1, 0.15) is 41.5 Å². The number of rotatable bonds is 9. The van der Waals surface area contributed by atoms with E-state index in [2.05, 4.69) is 21.8 Å². The van der Waals surface area contributed by atoms with Crippen LogP contribution in [0.3, 0.4) is 0 Å². The van der Waals surface area contributed by atoms with Crippen molar-refractivity contribution in [3.63, 3.8) is 0 Å². The number of nitrogens with one attached hydrogen (secondary N) is 2. The lowest BCUT2D eigenvalue weighted by atomic mass is 9.95. The first-order chi connectivity index (χ1) is 20.9. The average Bonchev–Trinajstić information content (AvgIpc) is 3.04. The molecule has 0 bridgehead atoms. The van der Waals surface area contributed by atoms with Crippen LogP contribution in [-0.2, 0) is 40.2 Å². The standard InChI is InChI=1S/C34H38ClN5O3/c1-39(32(41)16-13-24-7-3-2-4-8-24)38-29-17-19-40(20-18-29)34(43)31(21-25-11-14-28(35)15-12-25)37-33(42)30-22-26-9-5-6-10-27(26)23-36-30/h2-12,14-15,30-31,36H,13,16-23H2,1H3,(H,37,42)/t30-,31-/m1/s1. The van der Waals surface area contributed by atoms with Gasteiger partial charge in [0.2, 0.25) is 17.7 Å². The molecule has 0 saturated carbocycles. The van der Waals surface area contributed by atoms with Gasteiger partial charge in [0.25, 0.3) is 0 Å². The van der Waals surface area contributed by atoms with Gasteiger partial charge in [-0.2, -0.15) is 5.10 Å².